The third-order valence-electron chi connectivity index (χ3n) is 4.46. The van der Waals surface area contributed by atoms with E-state index in [2.05, 4.69) is 22.1 Å². The molecule has 1 aromatic rings. The van der Waals surface area contributed by atoms with Gasteiger partial charge >= 0.3 is 0 Å². The number of hydrogen-bond donors (Lipinski definition) is 2. The van der Waals surface area contributed by atoms with E-state index in [9.17, 15) is 4.39 Å². The van der Waals surface area contributed by atoms with Gasteiger partial charge in [-0.05, 0) is 51.7 Å². The average molecular weight is 335 g/mol. The normalized spacial score (nSPS) is 19.2. The molecule has 1 atom stereocenters. The Balaban J connectivity index is 1.84. The summed E-state index contributed by atoms with van der Waals surface area (Å²) in [5, 5.41) is 3.20. The summed E-state index contributed by atoms with van der Waals surface area (Å²) in [5.41, 5.74) is 7.46. The highest BCUT2D eigenvalue weighted by atomic mass is 19.1. The Morgan fingerprint density at radius 1 is 1.46 bits per heavy atom. The Kier molecular flexibility index (Phi) is 6.99. The molecule has 0 spiro atoms. The third-order valence-corrected chi connectivity index (χ3v) is 4.46. The van der Waals surface area contributed by atoms with Crippen molar-refractivity contribution in [3.8, 4) is 0 Å². The van der Waals surface area contributed by atoms with Crippen LogP contribution in [0.15, 0.2) is 23.2 Å². The standard InChI is InChI=1S/C18H30FN5/c1-4-24-9-5-6-16(24)12-22-18(20)21-11-14-7-8-15(13-23(2)3)17(19)10-14/h7-8,10,16H,4-6,9,11-13H2,1-3H3,(H3,20,21,22). The number of aliphatic imine (C=N–C) groups is 1. The number of likely N-dealkylation sites (N-methyl/N-ethyl adjacent to an activating group) is 1. The van der Waals surface area contributed by atoms with Crippen LogP contribution in [-0.2, 0) is 13.1 Å². The van der Waals surface area contributed by atoms with Crippen LogP contribution in [0.4, 0.5) is 4.39 Å². The Hall–Kier alpha value is -1.66. The molecule has 2 rings (SSSR count). The molecule has 0 aliphatic carbocycles. The van der Waals surface area contributed by atoms with Crippen molar-refractivity contribution in [2.45, 2.75) is 38.9 Å². The van der Waals surface area contributed by atoms with E-state index >= 15 is 0 Å². The van der Waals surface area contributed by atoms with Crippen LogP contribution in [0, 0.1) is 5.82 Å². The maximum Gasteiger partial charge on any atom is 0.188 e. The molecule has 1 aromatic carbocycles. The van der Waals surface area contributed by atoms with Gasteiger partial charge < -0.3 is 16.0 Å². The van der Waals surface area contributed by atoms with Gasteiger partial charge in [-0.25, -0.2) is 9.38 Å². The number of rotatable bonds is 7. The number of nitrogens with zero attached hydrogens (tertiary/aromatic N) is 3. The minimum absolute atomic E-state index is 0.188. The van der Waals surface area contributed by atoms with E-state index < -0.39 is 0 Å². The van der Waals surface area contributed by atoms with Crippen LogP contribution in [0.5, 0.6) is 0 Å². The van der Waals surface area contributed by atoms with E-state index in [-0.39, 0.29) is 5.82 Å². The number of guanidine groups is 1. The van der Waals surface area contributed by atoms with Gasteiger partial charge in [0.05, 0.1) is 6.54 Å². The second kappa shape index (κ2) is 8.99. The maximum atomic E-state index is 14.0. The monoisotopic (exact) mass is 335 g/mol. The quantitative estimate of drug-likeness (QED) is 0.589. The zero-order valence-corrected chi connectivity index (χ0v) is 15.1. The SMILES string of the molecule is CCN1CCCC1CNC(N)=NCc1ccc(CN(C)C)c(F)c1. The molecule has 1 aliphatic heterocycles. The summed E-state index contributed by atoms with van der Waals surface area (Å²) >= 11 is 0. The summed E-state index contributed by atoms with van der Waals surface area (Å²) in [6.45, 7) is 6.22. The Morgan fingerprint density at radius 3 is 2.92 bits per heavy atom. The van der Waals surface area contributed by atoms with Crippen LogP contribution in [-0.4, -0.2) is 55.5 Å². The number of benzene rings is 1. The van der Waals surface area contributed by atoms with Crippen LogP contribution in [0.3, 0.4) is 0 Å². The van der Waals surface area contributed by atoms with Crippen molar-refractivity contribution in [3.05, 3.63) is 35.1 Å². The largest absolute Gasteiger partial charge is 0.370 e. The van der Waals surface area contributed by atoms with Crippen molar-refractivity contribution < 1.29 is 4.39 Å². The highest BCUT2D eigenvalue weighted by Crippen LogP contribution is 2.15. The van der Waals surface area contributed by atoms with Crippen molar-refractivity contribution in [1.82, 2.24) is 15.1 Å². The Labute approximate surface area is 144 Å². The lowest BCUT2D eigenvalue weighted by Crippen LogP contribution is -2.42. The molecule has 134 valence electrons. The van der Waals surface area contributed by atoms with Gasteiger partial charge in [0.2, 0.25) is 0 Å². The summed E-state index contributed by atoms with van der Waals surface area (Å²) in [5.74, 6) is 0.239. The zero-order chi connectivity index (χ0) is 17.5. The fourth-order valence-corrected chi connectivity index (χ4v) is 3.16. The summed E-state index contributed by atoms with van der Waals surface area (Å²) < 4.78 is 14.0. The van der Waals surface area contributed by atoms with Crippen molar-refractivity contribution in [3.63, 3.8) is 0 Å². The number of nitrogens with two attached hydrogens (primary N) is 1. The number of halogens is 1. The van der Waals surface area contributed by atoms with Gasteiger partial charge in [-0.15, -0.1) is 0 Å². The third kappa shape index (κ3) is 5.46. The van der Waals surface area contributed by atoms with Gasteiger partial charge in [0.1, 0.15) is 5.82 Å². The van der Waals surface area contributed by atoms with Gasteiger partial charge in [-0.2, -0.15) is 0 Å². The highest BCUT2D eigenvalue weighted by Gasteiger charge is 2.22. The smallest absolute Gasteiger partial charge is 0.188 e. The maximum absolute atomic E-state index is 14.0. The first-order chi connectivity index (χ1) is 11.5. The second-order valence-electron chi connectivity index (χ2n) is 6.67. The molecule has 1 unspecified atom stereocenters. The van der Waals surface area contributed by atoms with Crippen LogP contribution in [0.1, 0.15) is 30.9 Å². The fourth-order valence-electron chi connectivity index (χ4n) is 3.16. The molecule has 5 nitrogen and oxygen atoms in total. The van der Waals surface area contributed by atoms with Crippen LogP contribution < -0.4 is 11.1 Å². The average Bonchev–Trinajstić information content (AvgIpc) is 3.00. The fraction of sp³-hybridized carbons (Fsp3) is 0.611. The van der Waals surface area contributed by atoms with E-state index in [1.54, 1.807) is 6.07 Å². The Morgan fingerprint density at radius 2 is 2.25 bits per heavy atom. The first kappa shape index (κ1) is 18.7. The molecule has 0 radical (unpaired) electrons. The van der Waals surface area contributed by atoms with E-state index in [4.69, 9.17) is 5.73 Å². The summed E-state index contributed by atoms with van der Waals surface area (Å²) in [6, 6.07) is 5.81. The molecule has 1 saturated heterocycles. The molecule has 6 heteroatoms. The first-order valence-corrected chi connectivity index (χ1v) is 8.69. The molecule has 0 saturated carbocycles. The predicted octanol–water partition coefficient (Wildman–Crippen LogP) is 1.78. The molecule has 1 aliphatic rings. The van der Waals surface area contributed by atoms with Gasteiger partial charge in [0.15, 0.2) is 5.96 Å². The molecule has 24 heavy (non-hydrogen) atoms. The molecule has 0 bridgehead atoms. The molecule has 0 amide bonds. The Bertz CT molecular complexity index is 558. The summed E-state index contributed by atoms with van der Waals surface area (Å²) in [4.78, 5) is 8.73. The zero-order valence-electron chi connectivity index (χ0n) is 15.1. The number of hydrogen-bond acceptors (Lipinski definition) is 3. The number of likely N-dealkylation sites (tertiary alicyclic amines) is 1. The minimum Gasteiger partial charge on any atom is -0.370 e. The molecule has 0 aromatic heterocycles. The van der Waals surface area contributed by atoms with Gasteiger partial charge in [0, 0.05) is 24.7 Å². The molecule has 3 N–H and O–H groups in total. The lowest BCUT2D eigenvalue weighted by atomic mass is 10.1. The van der Waals surface area contributed by atoms with E-state index in [1.165, 1.54) is 19.4 Å². The molecular weight excluding hydrogens is 305 g/mol. The number of nitrogens with one attached hydrogen (secondary N) is 1. The van der Waals surface area contributed by atoms with E-state index in [1.807, 2.05) is 31.1 Å². The van der Waals surface area contributed by atoms with Crippen molar-refractivity contribution in [1.29, 1.82) is 0 Å². The van der Waals surface area contributed by atoms with Gasteiger partial charge in [-0.1, -0.05) is 19.1 Å². The van der Waals surface area contributed by atoms with E-state index in [0.29, 0.717) is 30.7 Å². The minimum atomic E-state index is -0.188. The summed E-state index contributed by atoms with van der Waals surface area (Å²) in [7, 11) is 3.85. The molecule has 1 fully saturated rings. The van der Waals surface area contributed by atoms with Gasteiger partial charge in [-0.3, -0.25) is 4.90 Å². The van der Waals surface area contributed by atoms with Crippen molar-refractivity contribution >= 4 is 5.96 Å². The van der Waals surface area contributed by atoms with E-state index in [0.717, 1.165) is 18.7 Å². The van der Waals surface area contributed by atoms with Crippen LogP contribution >= 0.6 is 0 Å². The highest BCUT2D eigenvalue weighted by molar-refractivity contribution is 5.77. The molecule has 1 heterocycles. The van der Waals surface area contributed by atoms with Crippen molar-refractivity contribution in [2.24, 2.45) is 10.7 Å². The first-order valence-electron chi connectivity index (χ1n) is 8.69. The summed E-state index contributed by atoms with van der Waals surface area (Å²) in [6.07, 6.45) is 2.45. The topological polar surface area (TPSA) is 56.9 Å². The molecular formula is C18H30FN5. The van der Waals surface area contributed by atoms with Crippen LogP contribution in [0.2, 0.25) is 0 Å². The van der Waals surface area contributed by atoms with Crippen LogP contribution in [0.25, 0.3) is 0 Å². The lowest BCUT2D eigenvalue weighted by molar-refractivity contribution is 0.267. The lowest BCUT2D eigenvalue weighted by Gasteiger charge is -2.23. The predicted molar refractivity (Wildman–Crippen MR) is 97.4 cm³/mol. The van der Waals surface area contributed by atoms with Crippen molar-refractivity contribution in [2.75, 3.05) is 33.7 Å². The second-order valence-corrected chi connectivity index (χ2v) is 6.67. The van der Waals surface area contributed by atoms with Gasteiger partial charge in [0.25, 0.3) is 0 Å².